The molecule has 1 aromatic heterocycles. The summed E-state index contributed by atoms with van der Waals surface area (Å²) in [7, 11) is 0. The Morgan fingerprint density at radius 3 is 2.75 bits per heavy atom. The molecule has 7 nitrogen and oxygen atoms in total. The number of hydrogen-bond donors (Lipinski definition) is 1. The Bertz CT molecular complexity index is 685. The van der Waals surface area contributed by atoms with Gasteiger partial charge < -0.3 is 9.64 Å². The van der Waals surface area contributed by atoms with Gasteiger partial charge in [-0.2, -0.15) is 5.21 Å². The zero-order valence-electron chi connectivity index (χ0n) is 13.2. The summed E-state index contributed by atoms with van der Waals surface area (Å²) in [5, 5.41) is 14.1. The highest BCUT2D eigenvalue weighted by molar-refractivity contribution is 7.99. The molecule has 2 aliphatic heterocycles. The number of aromatic amines is 1. The van der Waals surface area contributed by atoms with Crippen molar-refractivity contribution < 1.29 is 9.53 Å². The van der Waals surface area contributed by atoms with E-state index in [2.05, 4.69) is 32.8 Å². The van der Waals surface area contributed by atoms with E-state index in [4.69, 9.17) is 4.74 Å². The first-order chi connectivity index (χ1) is 11.8. The molecular formula is C16H19N5O2S. The molecule has 0 spiro atoms. The van der Waals surface area contributed by atoms with Gasteiger partial charge in [0.15, 0.2) is 5.82 Å². The van der Waals surface area contributed by atoms with Crippen molar-refractivity contribution >= 4 is 17.7 Å². The van der Waals surface area contributed by atoms with Crippen LogP contribution in [0.25, 0.3) is 0 Å². The molecule has 1 unspecified atom stereocenters. The Kier molecular flexibility index (Phi) is 4.48. The molecule has 0 saturated carbocycles. The van der Waals surface area contributed by atoms with Crippen molar-refractivity contribution in [2.75, 3.05) is 24.8 Å². The summed E-state index contributed by atoms with van der Waals surface area (Å²) in [5.74, 6) is 2.59. The number of hydrogen-bond acceptors (Lipinski definition) is 6. The molecule has 2 aliphatic rings. The summed E-state index contributed by atoms with van der Waals surface area (Å²) >= 11 is 1.71. The topological polar surface area (TPSA) is 84.0 Å². The quantitative estimate of drug-likeness (QED) is 0.916. The van der Waals surface area contributed by atoms with Crippen molar-refractivity contribution in [3.8, 4) is 0 Å². The molecule has 0 radical (unpaired) electrons. The van der Waals surface area contributed by atoms with Crippen LogP contribution in [0, 0.1) is 0 Å². The molecule has 1 aromatic carbocycles. The van der Waals surface area contributed by atoms with Gasteiger partial charge in [-0.05, 0) is 36.5 Å². The Balaban J connectivity index is 1.49. The minimum atomic E-state index is -0.114. The van der Waals surface area contributed by atoms with Gasteiger partial charge in [0, 0.05) is 24.5 Å². The van der Waals surface area contributed by atoms with Crippen LogP contribution in [-0.4, -0.2) is 56.3 Å². The van der Waals surface area contributed by atoms with Crippen molar-refractivity contribution in [3.63, 3.8) is 0 Å². The molecule has 0 aliphatic carbocycles. The molecule has 3 heterocycles. The lowest BCUT2D eigenvalue weighted by Gasteiger charge is -2.23. The molecule has 1 amide bonds. The van der Waals surface area contributed by atoms with Gasteiger partial charge in [-0.1, -0.05) is 17.3 Å². The molecular weight excluding hydrogens is 326 g/mol. The number of ether oxygens (including phenoxy) is 1. The molecule has 0 bridgehead atoms. The highest BCUT2D eigenvalue weighted by Gasteiger charge is 2.33. The zero-order chi connectivity index (χ0) is 16.4. The first-order valence-corrected chi connectivity index (χ1v) is 9.28. The lowest BCUT2D eigenvalue weighted by molar-refractivity contribution is 0.0741. The monoisotopic (exact) mass is 345 g/mol. The third kappa shape index (κ3) is 3.03. The predicted octanol–water partition coefficient (Wildman–Crippen LogP) is 1.98. The number of nitrogens with zero attached hydrogens (tertiary/aromatic N) is 4. The first-order valence-electron chi connectivity index (χ1n) is 8.12. The smallest absolute Gasteiger partial charge is 0.255 e. The number of benzene rings is 1. The van der Waals surface area contributed by atoms with Crippen molar-refractivity contribution in [3.05, 3.63) is 41.2 Å². The van der Waals surface area contributed by atoms with Gasteiger partial charge in [-0.25, -0.2) is 0 Å². The molecule has 1 N–H and O–H groups in total. The maximum absolute atomic E-state index is 12.8. The summed E-state index contributed by atoms with van der Waals surface area (Å²) in [4.78, 5) is 14.7. The van der Waals surface area contributed by atoms with E-state index in [0.29, 0.717) is 23.2 Å². The van der Waals surface area contributed by atoms with Gasteiger partial charge in [-0.3, -0.25) is 4.79 Å². The molecule has 4 rings (SSSR count). The van der Waals surface area contributed by atoms with E-state index in [1.54, 1.807) is 11.8 Å². The van der Waals surface area contributed by atoms with E-state index in [1.165, 1.54) is 5.56 Å². The maximum atomic E-state index is 12.8. The van der Waals surface area contributed by atoms with Crippen molar-refractivity contribution in [2.45, 2.75) is 24.8 Å². The Labute approximate surface area is 144 Å². The number of thioether (sulfide) groups is 1. The van der Waals surface area contributed by atoms with E-state index in [-0.39, 0.29) is 11.9 Å². The molecule has 2 aromatic rings. The Hall–Kier alpha value is -1.93. The van der Waals surface area contributed by atoms with Crippen LogP contribution < -0.4 is 0 Å². The highest BCUT2D eigenvalue weighted by Crippen LogP contribution is 2.33. The average Bonchev–Trinajstić information content (AvgIpc) is 3.33. The molecule has 2 saturated heterocycles. The van der Waals surface area contributed by atoms with Crippen molar-refractivity contribution in [1.82, 2.24) is 25.5 Å². The van der Waals surface area contributed by atoms with Crippen LogP contribution in [0.2, 0.25) is 0 Å². The number of nitrogens with one attached hydrogen (secondary N) is 1. The number of rotatable bonds is 3. The molecule has 8 heteroatoms. The van der Waals surface area contributed by atoms with Gasteiger partial charge in [0.1, 0.15) is 6.04 Å². The number of H-pyrrole nitrogens is 1. The molecule has 126 valence electrons. The summed E-state index contributed by atoms with van der Waals surface area (Å²) in [6.07, 6.45) is 2.10. The number of carbonyl (C=O) groups excluding carboxylic acids is 1. The second-order valence-electron chi connectivity index (χ2n) is 6.07. The predicted molar refractivity (Wildman–Crippen MR) is 89.6 cm³/mol. The highest BCUT2D eigenvalue weighted by atomic mass is 32.2. The van der Waals surface area contributed by atoms with Crippen LogP contribution in [0.3, 0.4) is 0 Å². The number of aromatic nitrogens is 4. The summed E-state index contributed by atoms with van der Waals surface area (Å²) in [5.41, 5.74) is 2.00. The SMILES string of the molecule is O=C(c1ccc(C2CCOCC2)cc1)N1CSCC1c1nn[nH]n1. The normalized spacial score (nSPS) is 22.0. The lowest BCUT2D eigenvalue weighted by atomic mass is 9.91. The fourth-order valence-corrected chi connectivity index (χ4v) is 4.41. The van der Waals surface area contributed by atoms with Crippen LogP contribution in [0.15, 0.2) is 24.3 Å². The van der Waals surface area contributed by atoms with Gasteiger partial charge >= 0.3 is 0 Å². The fourth-order valence-electron chi connectivity index (χ4n) is 3.26. The van der Waals surface area contributed by atoms with Gasteiger partial charge in [0.25, 0.3) is 5.91 Å². The van der Waals surface area contributed by atoms with E-state index in [1.807, 2.05) is 17.0 Å². The summed E-state index contributed by atoms with van der Waals surface area (Å²) in [6.45, 7) is 1.64. The zero-order valence-corrected chi connectivity index (χ0v) is 14.0. The average molecular weight is 345 g/mol. The van der Waals surface area contributed by atoms with Crippen LogP contribution >= 0.6 is 11.8 Å². The van der Waals surface area contributed by atoms with Crippen LogP contribution in [0.5, 0.6) is 0 Å². The second-order valence-corrected chi connectivity index (χ2v) is 7.07. The summed E-state index contributed by atoms with van der Waals surface area (Å²) in [6, 6.07) is 7.91. The Morgan fingerprint density at radius 1 is 1.25 bits per heavy atom. The van der Waals surface area contributed by atoms with Gasteiger partial charge in [0.05, 0.1) is 5.88 Å². The van der Waals surface area contributed by atoms with Crippen LogP contribution in [-0.2, 0) is 4.74 Å². The van der Waals surface area contributed by atoms with E-state index in [0.717, 1.165) is 31.8 Å². The summed E-state index contributed by atoms with van der Waals surface area (Å²) < 4.78 is 5.42. The van der Waals surface area contributed by atoms with Crippen molar-refractivity contribution in [1.29, 1.82) is 0 Å². The first kappa shape index (κ1) is 15.6. The standard InChI is InChI=1S/C16H19N5O2S/c22-16(21-10-24-9-14(21)15-17-19-20-18-15)13-3-1-11(2-4-13)12-5-7-23-8-6-12/h1-4,12,14H,5-10H2,(H,17,18,19,20). The largest absolute Gasteiger partial charge is 0.381 e. The third-order valence-corrected chi connectivity index (χ3v) is 5.67. The second kappa shape index (κ2) is 6.90. The minimum Gasteiger partial charge on any atom is -0.381 e. The fraction of sp³-hybridized carbons (Fsp3) is 0.500. The van der Waals surface area contributed by atoms with Crippen molar-refractivity contribution in [2.24, 2.45) is 0 Å². The number of tetrazole rings is 1. The maximum Gasteiger partial charge on any atom is 0.255 e. The Morgan fingerprint density at radius 2 is 2.04 bits per heavy atom. The van der Waals surface area contributed by atoms with Gasteiger partial charge in [0.2, 0.25) is 0 Å². The molecule has 1 atom stereocenters. The number of carbonyl (C=O) groups is 1. The number of amides is 1. The van der Waals surface area contributed by atoms with Crippen LogP contribution in [0.1, 0.15) is 46.5 Å². The van der Waals surface area contributed by atoms with Crippen LogP contribution in [0.4, 0.5) is 0 Å². The third-order valence-electron chi connectivity index (χ3n) is 4.65. The van der Waals surface area contributed by atoms with E-state index < -0.39 is 0 Å². The van der Waals surface area contributed by atoms with Gasteiger partial charge in [-0.15, -0.1) is 22.0 Å². The lowest BCUT2D eigenvalue weighted by Crippen LogP contribution is -2.31. The molecule has 24 heavy (non-hydrogen) atoms. The minimum absolute atomic E-state index is 0.0216. The molecule has 2 fully saturated rings. The van der Waals surface area contributed by atoms with E-state index in [9.17, 15) is 4.79 Å². The van der Waals surface area contributed by atoms with E-state index >= 15 is 0 Å².